The van der Waals surface area contributed by atoms with Crippen LogP contribution in [0.5, 0.6) is 0 Å². The average Bonchev–Trinajstić information content (AvgIpc) is 2.74. The number of nitrogens with zero attached hydrogens (tertiary/aromatic N) is 5. The van der Waals surface area contributed by atoms with E-state index in [0.29, 0.717) is 17.0 Å². The number of non-ortho nitro benzene ring substituents is 1. The standard InChI is InChI=1S/C9H9N5O3/c1-13-9(10-11-12-13)7-2-6(5-15)3-8(4-7)14(16)17/h2-4,15H,5H2,1H3. The normalized spacial score (nSPS) is 10.5. The molecule has 1 aromatic heterocycles. The van der Waals surface area contributed by atoms with Gasteiger partial charge in [0, 0.05) is 24.7 Å². The summed E-state index contributed by atoms with van der Waals surface area (Å²) in [5, 5.41) is 30.7. The number of nitro benzene ring substituents is 1. The van der Waals surface area contributed by atoms with Crippen molar-refractivity contribution >= 4 is 5.69 Å². The number of nitro groups is 1. The van der Waals surface area contributed by atoms with Gasteiger partial charge in [0.1, 0.15) is 0 Å². The van der Waals surface area contributed by atoms with Gasteiger partial charge in [0.15, 0.2) is 5.82 Å². The Kier molecular flexibility index (Phi) is 2.79. The third-order valence-corrected chi connectivity index (χ3v) is 2.25. The molecular formula is C9H9N5O3. The molecule has 0 amide bonds. The smallest absolute Gasteiger partial charge is 0.270 e. The fraction of sp³-hybridized carbons (Fsp3) is 0.222. The molecule has 0 aliphatic rings. The van der Waals surface area contributed by atoms with Crippen LogP contribution in [0, 0.1) is 10.1 Å². The Bertz CT molecular complexity index is 566. The number of benzene rings is 1. The molecule has 1 N–H and O–H groups in total. The van der Waals surface area contributed by atoms with Crippen molar-refractivity contribution in [1.82, 2.24) is 20.2 Å². The summed E-state index contributed by atoms with van der Waals surface area (Å²) in [6.45, 7) is -0.278. The van der Waals surface area contributed by atoms with Crippen LogP contribution in [-0.2, 0) is 13.7 Å². The van der Waals surface area contributed by atoms with Crippen molar-refractivity contribution in [1.29, 1.82) is 0 Å². The van der Waals surface area contributed by atoms with Gasteiger partial charge in [0.25, 0.3) is 5.69 Å². The molecule has 0 spiro atoms. The third kappa shape index (κ3) is 2.11. The van der Waals surface area contributed by atoms with Gasteiger partial charge in [-0.05, 0) is 22.1 Å². The zero-order chi connectivity index (χ0) is 12.4. The molecule has 1 heterocycles. The molecule has 2 rings (SSSR count). The van der Waals surface area contributed by atoms with E-state index in [1.165, 1.54) is 16.8 Å². The van der Waals surface area contributed by atoms with Crippen LogP contribution in [0.4, 0.5) is 5.69 Å². The first-order valence-corrected chi connectivity index (χ1v) is 4.74. The summed E-state index contributed by atoms with van der Waals surface area (Å²) in [6.07, 6.45) is 0. The number of hydrogen-bond donors (Lipinski definition) is 1. The highest BCUT2D eigenvalue weighted by Gasteiger charge is 2.13. The molecule has 0 saturated carbocycles. The van der Waals surface area contributed by atoms with E-state index in [1.54, 1.807) is 13.1 Å². The monoisotopic (exact) mass is 235 g/mol. The van der Waals surface area contributed by atoms with Crippen molar-refractivity contribution < 1.29 is 10.0 Å². The summed E-state index contributed by atoms with van der Waals surface area (Å²) in [5.41, 5.74) is 0.836. The van der Waals surface area contributed by atoms with Crippen LogP contribution < -0.4 is 0 Å². The Labute approximate surface area is 95.6 Å². The molecule has 0 unspecified atom stereocenters. The predicted octanol–water partition coefficient (Wildman–Crippen LogP) is 0.278. The minimum Gasteiger partial charge on any atom is -0.392 e. The Balaban J connectivity index is 2.58. The van der Waals surface area contributed by atoms with Gasteiger partial charge in [-0.1, -0.05) is 0 Å². The summed E-state index contributed by atoms with van der Waals surface area (Å²) in [6, 6.07) is 4.29. The molecule has 0 saturated heterocycles. The van der Waals surface area contributed by atoms with E-state index in [4.69, 9.17) is 5.11 Å². The summed E-state index contributed by atoms with van der Waals surface area (Å²) < 4.78 is 1.40. The van der Waals surface area contributed by atoms with Crippen LogP contribution in [-0.4, -0.2) is 30.2 Å². The van der Waals surface area contributed by atoms with Gasteiger partial charge < -0.3 is 5.11 Å². The fourth-order valence-corrected chi connectivity index (χ4v) is 1.47. The molecule has 0 atom stereocenters. The summed E-state index contributed by atoms with van der Waals surface area (Å²) in [7, 11) is 1.63. The minimum absolute atomic E-state index is 0.102. The predicted molar refractivity (Wildman–Crippen MR) is 56.8 cm³/mol. The van der Waals surface area contributed by atoms with E-state index in [2.05, 4.69) is 15.5 Å². The number of tetrazole rings is 1. The number of aliphatic hydroxyl groups excluding tert-OH is 1. The van der Waals surface area contributed by atoms with Gasteiger partial charge in [0.05, 0.1) is 11.5 Å². The van der Waals surface area contributed by atoms with E-state index in [-0.39, 0.29) is 12.3 Å². The fourth-order valence-electron chi connectivity index (χ4n) is 1.47. The zero-order valence-electron chi connectivity index (χ0n) is 8.94. The van der Waals surface area contributed by atoms with Crippen molar-refractivity contribution in [2.75, 3.05) is 0 Å². The lowest BCUT2D eigenvalue weighted by Crippen LogP contribution is -1.97. The first-order valence-electron chi connectivity index (χ1n) is 4.74. The lowest BCUT2D eigenvalue weighted by atomic mass is 10.1. The molecule has 8 nitrogen and oxygen atoms in total. The van der Waals surface area contributed by atoms with Crippen molar-refractivity contribution in [3.05, 3.63) is 33.9 Å². The Hall–Kier alpha value is -2.35. The molecule has 8 heteroatoms. The van der Waals surface area contributed by atoms with Crippen LogP contribution in [0.25, 0.3) is 11.4 Å². The highest BCUT2D eigenvalue weighted by Crippen LogP contribution is 2.23. The maximum atomic E-state index is 10.7. The van der Waals surface area contributed by atoms with Crippen LogP contribution >= 0.6 is 0 Å². The number of aliphatic hydroxyl groups is 1. The lowest BCUT2D eigenvalue weighted by molar-refractivity contribution is -0.384. The minimum atomic E-state index is -0.521. The quantitative estimate of drug-likeness (QED) is 0.604. The second kappa shape index (κ2) is 4.26. The third-order valence-electron chi connectivity index (χ3n) is 2.25. The van der Waals surface area contributed by atoms with Gasteiger partial charge in [-0.3, -0.25) is 10.1 Å². The van der Waals surface area contributed by atoms with Crippen molar-refractivity contribution in [2.24, 2.45) is 7.05 Å². The van der Waals surface area contributed by atoms with Crippen molar-refractivity contribution in [2.45, 2.75) is 6.61 Å². The number of aromatic nitrogens is 4. The van der Waals surface area contributed by atoms with E-state index in [9.17, 15) is 10.1 Å². The Morgan fingerprint density at radius 3 is 2.76 bits per heavy atom. The zero-order valence-corrected chi connectivity index (χ0v) is 8.94. The van der Waals surface area contributed by atoms with Gasteiger partial charge in [-0.25, -0.2) is 4.68 Å². The molecule has 0 aliphatic heterocycles. The molecule has 88 valence electrons. The van der Waals surface area contributed by atoms with Gasteiger partial charge in [-0.15, -0.1) is 5.10 Å². The molecule has 2 aromatic rings. The highest BCUT2D eigenvalue weighted by atomic mass is 16.6. The summed E-state index contributed by atoms with van der Waals surface area (Å²) in [5.74, 6) is 0.406. The molecular weight excluding hydrogens is 226 g/mol. The van der Waals surface area contributed by atoms with Crippen LogP contribution in [0.1, 0.15) is 5.56 Å². The number of aryl methyl sites for hydroxylation is 1. The molecule has 0 bridgehead atoms. The first-order chi connectivity index (χ1) is 8.11. The molecule has 0 fully saturated rings. The summed E-state index contributed by atoms with van der Waals surface area (Å²) in [4.78, 5) is 10.2. The average molecular weight is 235 g/mol. The molecule has 0 aliphatic carbocycles. The van der Waals surface area contributed by atoms with Crippen LogP contribution in [0.3, 0.4) is 0 Å². The highest BCUT2D eigenvalue weighted by molar-refractivity contribution is 5.60. The Morgan fingerprint density at radius 1 is 1.47 bits per heavy atom. The maximum Gasteiger partial charge on any atom is 0.270 e. The topological polar surface area (TPSA) is 107 Å². The van der Waals surface area contributed by atoms with E-state index in [1.807, 2.05) is 0 Å². The van der Waals surface area contributed by atoms with Crippen molar-refractivity contribution in [3.8, 4) is 11.4 Å². The second-order valence-electron chi connectivity index (χ2n) is 3.43. The van der Waals surface area contributed by atoms with Gasteiger partial charge >= 0.3 is 0 Å². The van der Waals surface area contributed by atoms with E-state index >= 15 is 0 Å². The molecule has 0 radical (unpaired) electrons. The number of rotatable bonds is 3. The number of hydrogen-bond acceptors (Lipinski definition) is 6. The lowest BCUT2D eigenvalue weighted by Gasteiger charge is -2.02. The van der Waals surface area contributed by atoms with Crippen LogP contribution in [0.15, 0.2) is 18.2 Å². The largest absolute Gasteiger partial charge is 0.392 e. The van der Waals surface area contributed by atoms with Gasteiger partial charge in [0.2, 0.25) is 0 Å². The molecule has 1 aromatic carbocycles. The summed E-state index contributed by atoms with van der Waals surface area (Å²) >= 11 is 0. The Morgan fingerprint density at radius 2 is 2.24 bits per heavy atom. The van der Waals surface area contributed by atoms with E-state index in [0.717, 1.165) is 0 Å². The van der Waals surface area contributed by atoms with E-state index < -0.39 is 4.92 Å². The van der Waals surface area contributed by atoms with Crippen LogP contribution in [0.2, 0.25) is 0 Å². The second-order valence-corrected chi connectivity index (χ2v) is 3.43. The maximum absolute atomic E-state index is 10.7. The SMILES string of the molecule is Cn1nnnc1-c1cc(CO)cc([N+](=O)[O-])c1. The van der Waals surface area contributed by atoms with Gasteiger partial charge in [-0.2, -0.15) is 0 Å². The molecule has 17 heavy (non-hydrogen) atoms. The van der Waals surface area contributed by atoms with Crippen molar-refractivity contribution in [3.63, 3.8) is 0 Å². The first kappa shape index (κ1) is 11.1.